The maximum absolute atomic E-state index is 11.9. The summed E-state index contributed by atoms with van der Waals surface area (Å²) in [4.78, 5) is 0. The first kappa shape index (κ1) is 12.9. The van der Waals surface area contributed by atoms with Crippen LogP contribution in [0.2, 0.25) is 4.34 Å². The summed E-state index contributed by atoms with van der Waals surface area (Å²) in [6, 6.07) is 3.08. The van der Waals surface area contributed by atoms with Crippen LogP contribution in [0.3, 0.4) is 0 Å². The summed E-state index contributed by atoms with van der Waals surface area (Å²) in [6.07, 6.45) is 0. The van der Waals surface area contributed by atoms with E-state index in [4.69, 9.17) is 16.3 Å². The van der Waals surface area contributed by atoms with Crippen LogP contribution in [0.4, 0.5) is 0 Å². The number of hydrogen-bond acceptors (Lipinski definition) is 4. The van der Waals surface area contributed by atoms with Gasteiger partial charge in [-0.05, 0) is 12.1 Å². The van der Waals surface area contributed by atoms with Crippen molar-refractivity contribution >= 4 is 33.0 Å². The SMILES string of the molecule is COCCN(C)S(=O)(=O)c1ccc(Cl)s1. The van der Waals surface area contributed by atoms with Crippen LogP contribution in [-0.4, -0.2) is 40.0 Å². The van der Waals surface area contributed by atoms with Crippen molar-refractivity contribution in [2.45, 2.75) is 4.21 Å². The van der Waals surface area contributed by atoms with Crippen molar-refractivity contribution in [3.8, 4) is 0 Å². The number of halogens is 1. The molecule has 0 aliphatic carbocycles. The molecule has 86 valence electrons. The lowest BCUT2D eigenvalue weighted by Crippen LogP contribution is -2.29. The molecular formula is C8H12ClNO3S2. The summed E-state index contributed by atoms with van der Waals surface area (Å²) >= 11 is 6.74. The van der Waals surface area contributed by atoms with Crippen molar-refractivity contribution in [3.63, 3.8) is 0 Å². The Bertz CT molecular complexity index is 415. The van der Waals surface area contributed by atoms with Crippen LogP contribution in [0.25, 0.3) is 0 Å². The van der Waals surface area contributed by atoms with E-state index in [9.17, 15) is 8.42 Å². The molecule has 0 unspecified atom stereocenters. The van der Waals surface area contributed by atoms with Crippen molar-refractivity contribution in [1.82, 2.24) is 4.31 Å². The summed E-state index contributed by atoms with van der Waals surface area (Å²) in [5, 5.41) is 0. The van der Waals surface area contributed by atoms with Crippen molar-refractivity contribution in [2.75, 3.05) is 27.3 Å². The summed E-state index contributed by atoms with van der Waals surface area (Å²) < 4.78 is 30.5. The second-order valence-corrected chi connectivity index (χ2v) is 6.86. The third kappa shape index (κ3) is 3.15. The number of hydrogen-bond donors (Lipinski definition) is 0. The van der Waals surface area contributed by atoms with E-state index in [1.165, 1.54) is 24.5 Å². The normalized spacial score (nSPS) is 12.3. The van der Waals surface area contributed by atoms with E-state index in [2.05, 4.69) is 0 Å². The summed E-state index contributed by atoms with van der Waals surface area (Å²) in [5.74, 6) is 0. The second-order valence-electron chi connectivity index (χ2n) is 2.88. The molecule has 4 nitrogen and oxygen atoms in total. The van der Waals surface area contributed by atoms with Crippen molar-refractivity contribution in [2.24, 2.45) is 0 Å². The van der Waals surface area contributed by atoms with Crippen LogP contribution in [0.15, 0.2) is 16.3 Å². The fourth-order valence-electron chi connectivity index (χ4n) is 0.930. The van der Waals surface area contributed by atoms with Gasteiger partial charge < -0.3 is 4.74 Å². The number of likely N-dealkylation sites (N-methyl/N-ethyl adjacent to an activating group) is 1. The van der Waals surface area contributed by atoms with Crippen LogP contribution >= 0.6 is 22.9 Å². The van der Waals surface area contributed by atoms with E-state index >= 15 is 0 Å². The lowest BCUT2D eigenvalue weighted by atomic mass is 10.7. The number of thiophene rings is 1. The Morgan fingerprint density at radius 1 is 1.53 bits per heavy atom. The minimum atomic E-state index is -3.40. The summed E-state index contributed by atoms with van der Waals surface area (Å²) in [6.45, 7) is 0.698. The van der Waals surface area contributed by atoms with E-state index in [1.54, 1.807) is 6.07 Å². The average Bonchev–Trinajstić information content (AvgIpc) is 2.61. The second kappa shape index (κ2) is 5.27. The zero-order valence-electron chi connectivity index (χ0n) is 8.44. The average molecular weight is 270 g/mol. The molecule has 0 aliphatic rings. The van der Waals surface area contributed by atoms with Gasteiger partial charge in [-0.3, -0.25) is 0 Å². The molecule has 1 heterocycles. The zero-order valence-corrected chi connectivity index (χ0v) is 10.8. The third-order valence-electron chi connectivity index (χ3n) is 1.82. The van der Waals surface area contributed by atoms with Crippen LogP contribution in [0, 0.1) is 0 Å². The fraction of sp³-hybridized carbons (Fsp3) is 0.500. The first-order chi connectivity index (χ1) is 6.98. The van der Waals surface area contributed by atoms with Crippen molar-refractivity contribution < 1.29 is 13.2 Å². The highest BCUT2D eigenvalue weighted by Gasteiger charge is 2.22. The number of sulfonamides is 1. The largest absolute Gasteiger partial charge is 0.383 e. The molecule has 1 aromatic heterocycles. The van der Waals surface area contributed by atoms with Gasteiger partial charge in [-0.1, -0.05) is 11.6 Å². The van der Waals surface area contributed by atoms with E-state index in [-0.39, 0.29) is 4.21 Å². The molecule has 0 radical (unpaired) electrons. The molecule has 0 fully saturated rings. The standard InChI is InChI=1S/C8H12ClNO3S2/c1-10(5-6-13-2)15(11,12)8-4-3-7(9)14-8/h3-4H,5-6H2,1-2H3. The molecule has 15 heavy (non-hydrogen) atoms. The van der Waals surface area contributed by atoms with Gasteiger partial charge in [-0.2, -0.15) is 4.31 Å². The molecular weight excluding hydrogens is 258 g/mol. The van der Waals surface area contributed by atoms with Crippen molar-refractivity contribution in [3.05, 3.63) is 16.5 Å². The lowest BCUT2D eigenvalue weighted by Gasteiger charge is -2.14. The monoisotopic (exact) mass is 269 g/mol. The molecule has 1 aromatic rings. The maximum atomic E-state index is 11.9. The Hall–Kier alpha value is -0.140. The Morgan fingerprint density at radius 2 is 2.20 bits per heavy atom. The van der Waals surface area contributed by atoms with Gasteiger partial charge in [0.25, 0.3) is 10.0 Å². The lowest BCUT2D eigenvalue weighted by molar-refractivity contribution is 0.185. The first-order valence-electron chi connectivity index (χ1n) is 4.19. The number of methoxy groups -OCH3 is 1. The zero-order chi connectivity index (χ0) is 11.5. The Balaban J connectivity index is 2.83. The van der Waals surface area contributed by atoms with Crippen LogP contribution < -0.4 is 0 Å². The Labute approximate surface area is 98.5 Å². The van der Waals surface area contributed by atoms with Crippen LogP contribution in [0.1, 0.15) is 0 Å². The molecule has 0 atom stereocenters. The topological polar surface area (TPSA) is 46.6 Å². The van der Waals surface area contributed by atoms with Gasteiger partial charge in [0.15, 0.2) is 0 Å². The minimum Gasteiger partial charge on any atom is -0.383 e. The molecule has 7 heteroatoms. The quantitative estimate of drug-likeness (QED) is 0.817. The van der Waals surface area contributed by atoms with Crippen LogP contribution in [-0.2, 0) is 14.8 Å². The highest BCUT2D eigenvalue weighted by molar-refractivity contribution is 7.91. The molecule has 0 aromatic carbocycles. The third-order valence-corrected chi connectivity index (χ3v) is 5.38. The molecule has 1 rings (SSSR count). The highest BCUT2D eigenvalue weighted by Crippen LogP contribution is 2.27. The molecule has 0 saturated carbocycles. The van der Waals surface area contributed by atoms with Gasteiger partial charge in [0.05, 0.1) is 10.9 Å². The number of rotatable bonds is 5. The van der Waals surface area contributed by atoms with E-state index in [0.29, 0.717) is 17.5 Å². The predicted octanol–water partition coefficient (Wildman–Crippen LogP) is 1.67. The highest BCUT2D eigenvalue weighted by atomic mass is 35.5. The summed E-state index contributed by atoms with van der Waals surface area (Å²) in [7, 11) is -0.357. The minimum absolute atomic E-state index is 0.256. The van der Waals surface area contributed by atoms with Gasteiger partial charge in [0.2, 0.25) is 0 Å². The van der Waals surface area contributed by atoms with Gasteiger partial charge in [-0.25, -0.2) is 8.42 Å². The maximum Gasteiger partial charge on any atom is 0.252 e. The molecule has 0 amide bonds. The molecule has 0 saturated heterocycles. The number of ether oxygens (including phenoxy) is 1. The molecule has 0 N–H and O–H groups in total. The van der Waals surface area contributed by atoms with Gasteiger partial charge in [0.1, 0.15) is 4.21 Å². The predicted molar refractivity (Wildman–Crippen MR) is 61.0 cm³/mol. The Kier molecular flexibility index (Phi) is 4.54. The smallest absolute Gasteiger partial charge is 0.252 e. The van der Waals surface area contributed by atoms with E-state index in [1.807, 2.05) is 0 Å². The van der Waals surface area contributed by atoms with Gasteiger partial charge in [-0.15, -0.1) is 11.3 Å². The van der Waals surface area contributed by atoms with Gasteiger partial charge >= 0.3 is 0 Å². The van der Waals surface area contributed by atoms with E-state index < -0.39 is 10.0 Å². The molecule has 0 aliphatic heterocycles. The molecule has 0 spiro atoms. The fourth-order valence-corrected chi connectivity index (χ4v) is 3.78. The Morgan fingerprint density at radius 3 is 2.67 bits per heavy atom. The summed E-state index contributed by atoms with van der Waals surface area (Å²) in [5.41, 5.74) is 0. The first-order valence-corrected chi connectivity index (χ1v) is 6.82. The van der Waals surface area contributed by atoms with E-state index in [0.717, 1.165) is 11.3 Å². The van der Waals surface area contributed by atoms with Crippen molar-refractivity contribution in [1.29, 1.82) is 0 Å². The van der Waals surface area contributed by atoms with Gasteiger partial charge in [0, 0.05) is 20.7 Å². The van der Waals surface area contributed by atoms with Crippen LogP contribution in [0.5, 0.6) is 0 Å². The molecule has 0 bridgehead atoms. The number of nitrogens with zero attached hydrogens (tertiary/aromatic N) is 1.